The molecule has 2 heteroatoms. The van der Waals surface area contributed by atoms with Crippen molar-refractivity contribution in [2.45, 2.75) is 55.4 Å². The maximum absolute atomic E-state index is 2.54. The van der Waals surface area contributed by atoms with Crippen LogP contribution >= 0.6 is 0 Å². The SMILES string of the molecule is Cc1ccc(-c2cc(-c3ccc(C)cc3)cc(N(c3c(C)cccc3C)c3ccc4ccc5c(N(c6cc(-c7ccc(C)cc7)cc(-c7ccc(C)cc7)c6)c6c(C)cccc6C)ccc6ccc3c4c65)c2)cc1. The first-order valence-electron chi connectivity index (χ1n) is 26.0. The fourth-order valence-electron chi connectivity index (χ4n) is 11.4. The Hall–Kier alpha value is -8.72. The molecular formula is C72H60N2. The third-order valence-electron chi connectivity index (χ3n) is 15.3. The van der Waals surface area contributed by atoms with E-state index in [0.29, 0.717) is 0 Å². The summed E-state index contributed by atoms with van der Waals surface area (Å²) in [5, 5.41) is 7.38. The van der Waals surface area contributed by atoms with Crippen molar-refractivity contribution in [3.05, 3.63) is 263 Å². The van der Waals surface area contributed by atoms with E-state index in [1.807, 2.05) is 0 Å². The van der Waals surface area contributed by atoms with Crippen molar-refractivity contribution in [3.63, 3.8) is 0 Å². The van der Waals surface area contributed by atoms with Crippen LogP contribution in [0.3, 0.4) is 0 Å². The van der Waals surface area contributed by atoms with Crippen LogP contribution in [0.1, 0.15) is 44.5 Å². The van der Waals surface area contributed by atoms with Crippen LogP contribution < -0.4 is 9.80 Å². The maximum atomic E-state index is 2.54. The summed E-state index contributed by atoms with van der Waals surface area (Å²) >= 11 is 0. The number of hydrogen-bond acceptors (Lipinski definition) is 2. The third-order valence-corrected chi connectivity index (χ3v) is 15.3. The second kappa shape index (κ2) is 18.7. The minimum atomic E-state index is 1.12. The van der Waals surface area contributed by atoms with Crippen molar-refractivity contribution in [2.75, 3.05) is 9.80 Å². The highest BCUT2D eigenvalue weighted by molar-refractivity contribution is 6.28. The Morgan fingerprint density at radius 3 is 0.797 bits per heavy atom. The Bertz CT molecular complexity index is 3630. The summed E-state index contributed by atoms with van der Waals surface area (Å²) in [5.74, 6) is 0. The standard InChI is InChI=1S/C72H60N2/c1-45-15-23-53(24-16-45)59-39-60(54-25-17-46(2)18-26-54)42-63(41-59)73(71-49(5)11-9-12-50(71)6)67-37-33-57-32-36-66-68(38-34-58-31-35-65(67)69(57)70(58)66)74(72-51(7)13-10-14-52(72)8)64-43-61(55-27-19-47(3)20-28-55)40-62(44-64)56-29-21-48(4)22-30-56/h9-44H,1-8H3. The van der Waals surface area contributed by atoms with Gasteiger partial charge in [0.1, 0.15) is 0 Å². The largest absolute Gasteiger partial charge is 0.309 e. The molecule has 0 fully saturated rings. The molecule has 0 atom stereocenters. The summed E-state index contributed by atoms with van der Waals surface area (Å²) in [6.45, 7) is 17.6. The first kappa shape index (κ1) is 46.4. The topological polar surface area (TPSA) is 6.48 Å². The lowest BCUT2D eigenvalue weighted by Gasteiger charge is -2.32. The van der Waals surface area contributed by atoms with E-state index in [4.69, 9.17) is 0 Å². The molecule has 0 aliphatic carbocycles. The van der Waals surface area contributed by atoms with E-state index in [-0.39, 0.29) is 0 Å². The maximum Gasteiger partial charge on any atom is 0.0540 e. The van der Waals surface area contributed by atoms with Gasteiger partial charge in [0.25, 0.3) is 0 Å². The van der Waals surface area contributed by atoms with Crippen LogP contribution in [0.15, 0.2) is 218 Å². The average Bonchev–Trinajstić information content (AvgIpc) is 3.41. The molecule has 0 saturated heterocycles. The Balaban J connectivity index is 1.12. The molecule has 12 aromatic rings. The van der Waals surface area contributed by atoms with E-state index in [2.05, 4.69) is 284 Å². The van der Waals surface area contributed by atoms with Crippen molar-refractivity contribution < 1.29 is 0 Å². The van der Waals surface area contributed by atoms with Gasteiger partial charge in [-0.2, -0.15) is 0 Å². The van der Waals surface area contributed by atoms with Gasteiger partial charge in [-0.1, -0.05) is 192 Å². The number of nitrogens with zero attached hydrogens (tertiary/aromatic N) is 2. The van der Waals surface area contributed by atoms with Crippen molar-refractivity contribution in [1.29, 1.82) is 0 Å². The lowest BCUT2D eigenvalue weighted by atomic mass is 9.90. The minimum Gasteiger partial charge on any atom is -0.309 e. The molecule has 0 spiro atoms. The summed E-state index contributed by atoms with van der Waals surface area (Å²) < 4.78 is 0. The second-order valence-corrected chi connectivity index (χ2v) is 20.7. The first-order valence-corrected chi connectivity index (χ1v) is 26.0. The molecule has 0 unspecified atom stereocenters. The van der Waals surface area contributed by atoms with E-state index in [1.54, 1.807) is 0 Å². The van der Waals surface area contributed by atoms with Gasteiger partial charge in [-0.3, -0.25) is 0 Å². The van der Waals surface area contributed by atoms with E-state index in [1.165, 1.54) is 133 Å². The second-order valence-electron chi connectivity index (χ2n) is 20.7. The van der Waals surface area contributed by atoms with Gasteiger partial charge in [-0.15, -0.1) is 0 Å². The van der Waals surface area contributed by atoms with E-state index < -0.39 is 0 Å². The molecule has 0 N–H and O–H groups in total. The minimum absolute atomic E-state index is 1.12. The summed E-state index contributed by atoms with van der Waals surface area (Å²) in [5.41, 5.74) is 26.3. The number of hydrogen-bond donors (Lipinski definition) is 0. The zero-order valence-corrected chi connectivity index (χ0v) is 43.7. The number of benzene rings is 12. The first-order chi connectivity index (χ1) is 35.9. The zero-order valence-electron chi connectivity index (χ0n) is 43.7. The summed E-state index contributed by atoms with van der Waals surface area (Å²) in [7, 11) is 0. The van der Waals surface area contributed by atoms with Gasteiger partial charge in [0, 0.05) is 22.1 Å². The zero-order chi connectivity index (χ0) is 50.8. The number of para-hydroxylation sites is 2. The van der Waals surface area contributed by atoms with Crippen LogP contribution in [0.4, 0.5) is 34.1 Å². The molecule has 0 radical (unpaired) electrons. The molecule has 74 heavy (non-hydrogen) atoms. The Morgan fingerprint density at radius 2 is 0.514 bits per heavy atom. The van der Waals surface area contributed by atoms with Crippen molar-refractivity contribution in [1.82, 2.24) is 0 Å². The smallest absolute Gasteiger partial charge is 0.0540 e. The molecule has 12 rings (SSSR count). The summed E-state index contributed by atoms with van der Waals surface area (Å²) in [6.07, 6.45) is 0. The van der Waals surface area contributed by atoms with Crippen molar-refractivity contribution in [2.24, 2.45) is 0 Å². The molecule has 0 bridgehead atoms. The number of aryl methyl sites for hydroxylation is 8. The molecule has 0 aliphatic heterocycles. The fraction of sp³-hybridized carbons (Fsp3) is 0.111. The molecule has 0 heterocycles. The van der Waals surface area contributed by atoms with E-state index >= 15 is 0 Å². The normalized spacial score (nSPS) is 11.5. The Labute approximate surface area is 436 Å². The van der Waals surface area contributed by atoms with Gasteiger partial charge in [-0.05, 0) is 192 Å². The van der Waals surface area contributed by atoms with Gasteiger partial charge < -0.3 is 9.80 Å². The van der Waals surface area contributed by atoms with Gasteiger partial charge >= 0.3 is 0 Å². The quantitative estimate of drug-likeness (QED) is 0.126. The molecule has 2 nitrogen and oxygen atoms in total. The van der Waals surface area contributed by atoms with Crippen molar-refractivity contribution in [3.8, 4) is 44.5 Å². The molecular weight excluding hydrogens is 893 g/mol. The number of anilines is 6. The highest BCUT2D eigenvalue weighted by Crippen LogP contribution is 2.51. The molecule has 0 aromatic heterocycles. The molecule has 12 aromatic carbocycles. The van der Waals surface area contributed by atoms with Crippen LogP contribution in [0.5, 0.6) is 0 Å². The van der Waals surface area contributed by atoms with Crippen molar-refractivity contribution >= 4 is 66.4 Å². The van der Waals surface area contributed by atoms with Crippen LogP contribution in [-0.2, 0) is 0 Å². The summed E-state index contributed by atoms with van der Waals surface area (Å²) in [6, 6.07) is 82.3. The van der Waals surface area contributed by atoms with Crippen LogP contribution in [0.25, 0.3) is 76.8 Å². The predicted molar refractivity (Wildman–Crippen MR) is 319 cm³/mol. The van der Waals surface area contributed by atoms with E-state index in [0.717, 1.165) is 22.7 Å². The molecule has 0 amide bonds. The monoisotopic (exact) mass is 952 g/mol. The van der Waals surface area contributed by atoms with Gasteiger partial charge in [0.2, 0.25) is 0 Å². The van der Waals surface area contributed by atoms with E-state index in [9.17, 15) is 0 Å². The fourth-order valence-corrected chi connectivity index (χ4v) is 11.4. The number of rotatable bonds is 10. The lowest BCUT2D eigenvalue weighted by Crippen LogP contribution is -2.14. The van der Waals surface area contributed by atoms with Crippen LogP contribution in [-0.4, -0.2) is 0 Å². The highest BCUT2D eigenvalue weighted by atomic mass is 15.2. The third kappa shape index (κ3) is 8.37. The Kier molecular flexibility index (Phi) is 11.7. The Morgan fingerprint density at radius 1 is 0.243 bits per heavy atom. The molecule has 0 saturated carbocycles. The van der Waals surface area contributed by atoms with Gasteiger partial charge in [0.05, 0.1) is 22.7 Å². The van der Waals surface area contributed by atoms with Crippen LogP contribution in [0.2, 0.25) is 0 Å². The van der Waals surface area contributed by atoms with Gasteiger partial charge in [-0.25, -0.2) is 0 Å². The van der Waals surface area contributed by atoms with Gasteiger partial charge in [0.15, 0.2) is 0 Å². The molecule has 358 valence electrons. The summed E-state index contributed by atoms with van der Waals surface area (Å²) in [4.78, 5) is 5.08. The predicted octanol–water partition coefficient (Wildman–Crippen LogP) is 20.7. The average molecular weight is 953 g/mol. The molecule has 0 aliphatic rings. The highest BCUT2D eigenvalue weighted by Gasteiger charge is 2.26. The van der Waals surface area contributed by atoms with Crippen LogP contribution in [0, 0.1) is 55.4 Å². The lowest BCUT2D eigenvalue weighted by molar-refractivity contribution is 1.23.